The summed E-state index contributed by atoms with van der Waals surface area (Å²) >= 11 is 0. The molecule has 3 unspecified atom stereocenters. The van der Waals surface area contributed by atoms with Gasteiger partial charge in [-0.15, -0.1) is 0 Å². The molecule has 0 radical (unpaired) electrons. The smallest absolute Gasteiger partial charge is 0.0947 e. The van der Waals surface area contributed by atoms with Gasteiger partial charge in [0.15, 0.2) is 0 Å². The average molecular weight is 237 g/mol. The van der Waals surface area contributed by atoms with Gasteiger partial charge in [0.05, 0.1) is 18.6 Å². The summed E-state index contributed by atoms with van der Waals surface area (Å²) in [5, 5.41) is 3.61. The summed E-state index contributed by atoms with van der Waals surface area (Å²) in [6, 6.07) is 2.56. The van der Waals surface area contributed by atoms with E-state index in [9.17, 15) is 0 Å². The van der Waals surface area contributed by atoms with Crippen molar-refractivity contribution >= 4 is 0 Å². The molecule has 1 fully saturated rings. The van der Waals surface area contributed by atoms with Crippen molar-refractivity contribution in [2.75, 3.05) is 6.61 Å². The van der Waals surface area contributed by atoms with Crippen molar-refractivity contribution in [1.82, 2.24) is 5.32 Å². The Morgan fingerprint density at radius 1 is 1.53 bits per heavy atom. The Morgan fingerprint density at radius 3 is 2.94 bits per heavy atom. The molecule has 3 nitrogen and oxygen atoms in total. The molecule has 0 saturated heterocycles. The van der Waals surface area contributed by atoms with Gasteiger partial charge < -0.3 is 14.5 Å². The van der Waals surface area contributed by atoms with Crippen LogP contribution in [0.2, 0.25) is 0 Å². The molecular formula is C14H23NO2. The highest BCUT2D eigenvalue weighted by atomic mass is 16.5. The molecule has 0 aliphatic heterocycles. The number of hydrogen-bond donors (Lipinski definition) is 1. The summed E-state index contributed by atoms with van der Waals surface area (Å²) in [6.45, 7) is 8.34. The molecule has 1 aliphatic carbocycles. The molecule has 3 atom stereocenters. The maximum absolute atomic E-state index is 5.79. The third-order valence-electron chi connectivity index (χ3n) is 4.24. The van der Waals surface area contributed by atoms with Crippen LogP contribution in [0, 0.1) is 5.41 Å². The Bertz CT molecular complexity index is 336. The highest BCUT2D eigenvalue weighted by Crippen LogP contribution is 2.45. The van der Waals surface area contributed by atoms with E-state index in [2.05, 4.69) is 26.1 Å². The summed E-state index contributed by atoms with van der Waals surface area (Å²) in [7, 11) is 0. The normalized spacial score (nSPS) is 32.4. The van der Waals surface area contributed by atoms with E-state index in [4.69, 9.17) is 9.15 Å². The van der Waals surface area contributed by atoms with Gasteiger partial charge in [0, 0.05) is 30.2 Å². The van der Waals surface area contributed by atoms with E-state index in [-0.39, 0.29) is 5.41 Å². The predicted molar refractivity (Wildman–Crippen MR) is 67.8 cm³/mol. The molecule has 1 aliphatic rings. The van der Waals surface area contributed by atoms with Crippen molar-refractivity contribution in [1.29, 1.82) is 0 Å². The number of rotatable bonds is 6. The van der Waals surface area contributed by atoms with Crippen molar-refractivity contribution in [2.45, 2.75) is 52.3 Å². The Kier molecular flexibility index (Phi) is 3.89. The maximum atomic E-state index is 5.79. The van der Waals surface area contributed by atoms with Crippen molar-refractivity contribution in [2.24, 2.45) is 5.41 Å². The molecule has 96 valence electrons. The van der Waals surface area contributed by atoms with Crippen LogP contribution in [-0.2, 0) is 11.3 Å². The van der Waals surface area contributed by atoms with E-state index in [0.29, 0.717) is 12.1 Å². The second kappa shape index (κ2) is 5.23. The van der Waals surface area contributed by atoms with Crippen molar-refractivity contribution in [3.63, 3.8) is 0 Å². The Labute approximate surface area is 104 Å². The number of nitrogens with one attached hydrogen (secondary N) is 1. The van der Waals surface area contributed by atoms with E-state index in [1.54, 1.807) is 12.5 Å². The van der Waals surface area contributed by atoms with Crippen LogP contribution in [0.4, 0.5) is 0 Å². The van der Waals surface area contributed by atoms with Crippen LogP contribution < -0.4 is 5.32 Å². The monoisotopic (exact) mass is 237 g/mol. The van der Waals surface area contributed by atoms with Gasteiger partial charge in [-0.05, 0) is 25.8 Å². The molecule has 17 heavy (non-hydrogen) atoms. The summed E-state index contributed by atoms with van der Waals surface area (Å²) in [5.41, 5.74) is 1.49. The fourth-order valence-electron chi connectivity index (χ4n) is 2.70. The molecule has 1 N–H and O–H groups in total. The van der Waals surface area contributed by atoms with Gasteiger partial charge in [-0.2, -0.15) is 0 Å². The van der Waals surface area contributed by atoms with E-state index < -0.39 is 0 Å². The number of hydrogen-bond acceptors (Lipinski definition) is 3. The Morgan fingerprint density at radius 2 is 2.35 bits per heavy atom. The molecule has 1 aromatic rings. The second-order valence-electron chi connectivity index (χ2n) is 5.10. The lowest BCUT2D eigenvalue weighted by molar-refractivity contribution is -0.126. The zero-order valence-electron chi connectivity index (χ0n) is 11.0. The lowest BCUT2D eigenvalue weighted by Gasteiger charge is -2.53. The first-order chi connectivity index (χ1) is 8.20. The quantitative estimate of drug-likeness (QED) is 0.826. The molecule has 0 bridgehead atoms. The minimum Gasteiger partial charge on any atom is -0.472 e. The molecule has 0 aromatic carbocycles. The fraction of sp³-hybridized carbons (Fsp3) is 0.714. The van der Waals surface area contributed by atoms with Gasteiger partial charge in [-0.1, -0.05) is 13.8 Å². The number of ether oxygens (including phenoxy) is 1. The van der Waals surface area contributed by atoms with E-state index in [1.165, 1.54) is 5.56 Å². The summed E-state index contributed by atoms with van der Waals surface area (Å²) in [6.07, 6.45) is 6.21. The van der Waals surface area contributed by atoms with Gasteiger partial charge in [-0.3, -0.25) is 0 Å². The predicted octanol–water partition coefficient (Wildman–Crippen LogP) is 2.96. The SMILES string of the molecule is CCOC1CC(NCc2ccoc2)C1(C)CC. The van der Waals surface area contributed by atoms with Gasteiger partial charge in [0.1, 0.15) is 0 Å². The van der Waals surface area contributed by atoms with Crippen molar-refractivity contribution < 1.29 is 9.15 Å². The first-order valence-electron chi connectivity index (χ1n) is 6.56. The van der Waals surface area contributed by atoms with Crippen LogP contribution in [0.5, 0.6) is 0 Å². The molecule has 1 aromatic heterocycles. The molecule has 0 amide bonds. The topological polar surface area (TPSA) is 34.4 Å². The molecule has 1 saturated carbocycles. The van der Waals surface area contributed by atoms with Gasteiger partial charge in [-0.25, -0.2) is 0 Å². The second-order valence-corrected chi connectivity index (χ2v) is 5.10. The lowest BCUT2D eigenvalue weighted by atomic mass is 9.61. The molecule has 2 rings (SSSR count). The van der Waals surface area contributed by atoms with E-state index in [1.807, 2.05) is 6.07 Å². The van der Waals surface area contributed by atoms with Gasteiger partial charge >= 0.3 is 0 Å². The first kappa shape index (κ1) is 12.7. The summed E-state index contributed by atoms with van der Waals surface area (Å²) in [4.78, 5) is 0. The summed E-state index contributed by atoms with van der Waals surface area (Å²) in [5.74, 6) is 0. The average Bonchev–Trinajstić information content (AvgIpc) is 2.84. The van der Waals surface area contributed by atoms with Crippen LogP contribution >= 0.6 is 0 Å². The Balaban J connectivity index is 1.86. The van der Waals surface area contributed by atoms with Gasteiger partial charge in [0.2, 0.25) is 0 Å². The van der Waals surface area contributed by atoms with E-state index in [0.717, 1.165) is 26.0 Å². The highest BCUT2D eigenvalue weighted by Gasteiger charge is 2.50. The molecule has 1 heterocycles. The van der Waals surface area contributed by atoms with Crippen LogP contribution in [0.25, 0.3) is 0 Å². The van der Waals surface area contributed by atoms with Crippen molar-refractivity contribution in [3.05, 3.63) is 24.2 Å². The van der Waals surface area contributed by atoms with Crippen molar-refractivity contribution in [3.8, 4) is 0 Å². The van der Waals surface area contributed by atoms with Crippen LogP contribution in [0.1, 0.15) is 39.2 Å². The van der Waals surface area contributed by atoms with Crippen LogP contribution in [0.3, 0.4) is 0 Å². The standard InChI is InChI=1S/C14H23NO2/c1-4-14(3)12(8-13(14)17-5-2)15-9-11-6-7-16-10-11/h6-7,10,12-13,15H,4-5,8-9H2,1-3H3. The Hall–Kier alpha value is -0.800. The third kappa shape index (κ3) is 2.40. The molecular weight excluding hydrogens is 214 g/mol. The largest absolute Gasteiger partial charge is 0.472 e. The summed E-state index contributed by atoms with van der Waals surface area (Å²) < 4.78 is 10.9. The lowest BCUT2D eigenvalue weighted by Crippen LogP contribution is -2.61. The maximum Gasteiger partial charge on any atom is 0.0947 e. The third-order valence-corrected chi connectivity index (χ3v) is 4.24. The molecule has 3 heteroatoms. The van der Waals surface area contributed by atoms with Crippen LogP contribution in [-0.4, -0.2) is 18.8 Å². The van der Waals surface area contributed by atoms with E-state index >= 15 is 0 Å². The number of furan rings is 1. The fourth-order valence-corrected chi connectivity index (χ4v) is 2.70. The minimum absolute atomic E-state index is 0.278. The highest BCUT2D eigenvalue weighted by molar-refractivity contribution is 5.09. The molecule has 0 spiro atoms. The first-order valence-corrected chi connectivity index (χ1v) is 6.56. The zero-order chi connectivity index (χ0) is 12.3. The zero-order valence-corrected chi connectivity index (χ0v) is 11.0. The minimum atomic E-state index is 0.278. The van der Waals surface area contributed by atoms with Crippen LogP contribution in [0.15, 0.2) is 23.0 Å². The van der Waals surface area contributed by atoms with Gasteiger partial charge in [0.25, 0.3) is 0 Å².